The summed E-state index contributed by atoms with van der Waals surface area (Å²) in [6.07, 6.45) is -3.13. The first kappa shape index (κ1) is 21.8. The maximum Gasteiger partial charge on any atom is 0.406 e. The molecular formula is C20H25F3N2O3. The van der Waals surface area contributed by atoms with Crippen LogP contribution >= 0.6 is 0 Å². The van der Waals surface area contributed by atoms with E-state index in [0.29, 0.717) is 11.5 Å². The van der Waals surface area contributed by atoms with Gasteiger partial charge in [-0.25, -0.2) is 0 Å². The predicted molar refractivity (Wildman–Crippen MR) is 98.8 cm³/mol. The molecule has 5 nitrogen and oxygen atoms in total. The molecule has 1 amide bonds. The molecule has 0 saturated heterocycles. The first-order valence-electron chi connectivity index (χ1n) is 8.94. The molecule has 0 fully saturated rings. The standard InChI is InChI=1S/C20H25F3N2O3/c1-14(2)19(15-6-8-16(27-3)9-7-15)24-11-18(26)25(13-20(21,22)23)12-17-5-4-10-28-17/h4-10,14,19,24H,11-13H2,1-3H3/t19-/m1/s1. The van der Waals surface area contributed by atoms with E-state index < -0.39 is 18.6 Å². The molecule has 0 bridgehead atoms. The van der Waals surface area contributed by atoms with Gasteiger partial charge in [-0.05, 0) is 35.7 Å². The summed E-state index contributed by atoms with van der Waals surface area (Å²) in [7, 11) is 1.57. The number of furan rings is 1. The van der Waals surface area contributed by atoms with E-state index in [0.717, 1.165) is 10.5 Å². The molecule has 2 rings (SSSR count). The molecule has 0 aliphatic rings. The predicted octanol–water partition coefficient (Wildman–Crippen LogP) is 4.17. The zero-order valence-corrected chi connectivity index (χ0v) is 16.1. The van der Waals surface area contributed by atoms with Crippen LogP contribution in [0.3, 0.4) is 0 Å². The largest absolute Gasteiger partial charge is 0.497 e. The average Bonchev–Trinajstić information content (AvgIpc) is 3.13. The van der Waals surface area contributed by atoms with Crippen LogP contribution in [-0.2, 0) is 11.3 Å². The van der Waals surface area contributed by atoms with Gasteiger partial charge in [-0.3, -0.25) is 4.79 Å². The number of carbonyl (C=O) groups excluding carboxylic acids is 1. The van der Waals surface area contributed by atoms with Gasteiger partial charge >= 0.3 is 6.18 Å². The molecule has 28 heavy (non-hydrogen) atoms. The molecule has 0 saturated carbocycles. The molecule has 0 aliphatic heterocycles. The van der Waals surface area contributed by atoms with Crippen molar-refractivity contribution in [1.29, 1.82) is 0 Å². The second-order valence-electron chi connectivity index (χ2n) is 6.82. The van der Waals surface area contributed by atoms with Crippen molar-refractivity contribution in [2.24, 2.45) is 5.92 Å². The van der Waals surface area contributed by atoms with Crippen LogP contribution < -0.4 is 10.1 Å². The maximum atomic E-state index is 12.9. The highest BCUT2D eigenvalue weighted by Gasteiger charge is 2.33. The van der Waals surface area contributed by atoms with Crippen LogP contribution in [0, 0.1) is 5.92 Å². The Morgan fingerprint density at radius 3 is 2.39 bits per heavy atom. The molecule has 1 atom stereocenters. The molecule has 0 unspecified atom stereocenters. The number of rotatable bonds is 9. The molecule has 0 aliphatic carbocycles. The third-order valence-electron chi connectivity index (χ3n) is 4.26. The van der Waals surface area contributed by atoms with Crippen molar-refractivity contribution in [1.82, 2.24) is 10.2 Å². The number of halogens is 3. The van der Waals surface area contributed by atoms with Gasteiger partial charge in [-0.1, -0.05) is 26.0 Å². The quantitative estimate of drug-likeness (QED) is 0.689. The van der Waals surface area contributed by atoms with Crippen LogP contribution in [0.25, 0.3) is 0 Å². The Kier molecular flexibility index (Phi) is 7.51. The van der Waals surface area contributed by atoms with Crippen molar-refractivity contribution in [3.05, 3.63) is 54.0 Å². The minimum absolute atomic E-state index is 0.127. The van der Waals surface area contributed by atoms with Crippen molar-refractivity contribution >= 4 is 5.91 Å². The maximum absolute atomic E-state index is 12.9. The summed E-state index contributed by atoms with van der Waals surface area (Å²) < 4.78 is 48.9. The normalized spacial score (nSPS) is 12.8. The summed E-state index contributed by atoms with van der Waals surface area (Å²) in [6.45, 7) is 2.17. The van der Waals surface area contributed by atoms with E-state index in [1.807, 2.05) is 26.0 Å². The Balaban J connectivity index is 2.06. The van der Waals surface area contributed by atoms with Gasteiger partial charge in [0.2, 0.25) is 5.91 Å². The van der Waals surface area contributed by atoms with Crippen LogP contribution in [0.1, 0.15) is 31.2 Å². The fraction of sp³-hybridized carbons (Fsp3) is 0.450. The van der Waals surface area contributed by atoms with Crippen molar-refractivity contribution < 1.29 is 27.1 Å². The van der Waals surface area contributed by atoms with E-state index in [1.165, 1.54) is 6.26 Å². The summed E-state index contributed by atoms with van der Waals surface area (Å²) in [5.41, 5.74) is 0.928. The number of alkyl halides is 3. The van der Waals surface area contributed by atoms with E-state index in [2.05, 4.69) is 5.32 Å². The first-order chi connectivity index (χ1) is 13.2. The molecule has 1 aromatic heterocycles. The van der Waals surface area contributed by atoms with Gasteiger partial charge in [-0.2, -0.15) is 13.2 Å². The lowest BCUT2D eigenvalue weighted by atomic mass is 9.96. The highest BCUT2D eigenvalue weighted by atomic mass is 19.4. The highest BCUT2D eigenvalue weighted by molar-refractivity contribution is 5.78. The fourth-order valence-corrected chi connectivity index (χ4v) is 2.90. The second kappa shape index (κ2) is 9.64. The molecule has 2 aromatic rings. The van der Waals surface area contributed by atoms with Gasteiger partial charge in [-0.15, -0.1) is 0 Å². The SMILES string of the molecule is COc1ccc([C@H](NCC(=O)N(Cc2ccco2)CC(F)(F)F)C(C)C)cc1. The molecule has 1 aromatic carbocycles. The van der Waals surface area contributed by atoms with Crippen LogP contribution in [0.2, 0.25) is 0 Å². The van der Waals surface area contributed by atoms with Crippen LogP contribution in [0.15, 0.2) is 47.1 Å². The zero-order chi connectivity index (χ0) is 20.7. The molecule has 1 N–H and O–H groups in total. The Bertz CT molecular complexity index is 728. The Morgan fingerprint density at radius 2 is 1.89 bits per heavy atom. The van der Waals surface area contributed by atoms with E-state index in [1.54, 1.807) is 31.4 Å². The first-order valence-corrected chi connectivity index (χ1v) is 8.94. The van der Waals surface area contributed by atoms with Gasteiger partial charge in [0, 0.05) is 6.04 Å². The van der Waals surface area contributed by atoms with Crippen molar-refractivity contribution in [2.75, 3.05) is 20.2 Å². The summed E-state index contributed by atoms with van der Waals surface area (Å²) in [6, 6.07) is 10.3. The Labute approximate surface area is 162 Å². The molecule has 0 radical (unpaired) electrons. The molecule has 8 heteroatoms. The second-order valence-corrected chi connectivity index (χ2v) is 6.82. The van der Waals surface area contributed by atoms with Gasteiger partial charge < -0.3 is 19.4 Å². The number of benzene rings is 1. The average molecular weight is 398 g/mol. The number of nitrogens with zero attached hydrogens (tertiary/aromatic N) is 1. The lowest BCUT2D eigenvalue weighted by Gasteiger charge is -2.27. The number of carbonyl (C=O) groups is 1. The smallest absolute Gasteiger partial charge is 0.406 e. The van der Waals surface area contributed by atoms with Gasteiger partial charge in [0.1, 0.15) is 18.1 Å². The topological polar surface area (TPSA) is 54.7 Å². The number of hydrogen-bond acceptors (Lipinski definition) is 4. The van der Waals surface area contributed by atoms with Crippen molar-refractivity contribution in [3.8, 4) is 5.75 Å². The lowest BCUT2D eigenvalue weighted by Crippen LogP contribution is -2.44. The summed E-state index contributed by atoms with van der Waals surface area (Å²) >= 11 is 0. The fourth-order valence-electron chi connectivity index (χ4n) is 2.90. The summed E-state index contributed by atoms with van der Waals surface area (Å²) in [4.78, 5) is 13.3. The van der Waals surface area contributed by atoms with E-state index in [4.69, 9.17) is 9.15 Å². The minimum Gasteiger partial charge on any atom is -0.497 e. The van der Waals surface area contributed by atoms with Crippen molar-refractivity contribution in [2.45, 2.75) is 32.6 Å². The van der Waals surface area contributed by atoms with Gasteiger partial charge in [0.05, 0.1) is 26.5 Å². The lowest BCUT2D eigenvalue weighted by molar-refractivity contribution is -0.162. The monoisotopic (exact) mass is 398 g/mol. The van der Waals surface area contributed by atoms with E-state index in [-0.39, 0.29) is 25.0 Å². The number of ether oxygens (including phenoxy) is 1. The molecule has 0 spiro atoms. The number of methoxy groups -OCH3 is 1. The number of nitrogens with one attached hydrogen (secondary N) is 1. The van der Waals surface area contributed by atoms with Crippen LogP contribution in [0.5, 0.6) is 5.75 Å². The zero-order valence-electron chi connectivity index (χ0n) is 16.1. The van der Waals surface area contributed by atoms with Crippen LogP contribution in [-0.4, -0.2) is 37.2 Å². The third-order valence-corrected chi connectivity index (χ3v) is 4.26. The molecular weight excluding hydrogens is 373 g/mol. The van der Waals surface area contributed by atoms with Crippen LogP contribution in [0.4, 0.5) is 13.2 Å². The number of hydrogen-bond donors (Lipinski definition) is 1. The van der Waals surface area contributed by atoms with Crippen molar-refractivity contribution in [3.63, 3.8) is 0 Å². The minimum atomic E-state index is -4.49. The highest BCUT2D eigenvalue weighted by Crippen LogP contribution is 2.24. The summed E-state index contributed by atoms with van der Waals surface area (Å²) in [5.74, 6) is 0.487. The van der Waals surface area contributed by atoms with E-state index in [9.17, 15) is 18.0 Å². The number of amides is 1. The molecule has 1 heterocycles. The summed E-state index contributed by atoms with van der Waals surface area (Å²) in [5, 5.41) is 3.09. The van der Waals surface area contributed by atoms with Gasteiger partial charge in [0.25, 0.3) is 0 Å². The van der Waals surface area contributed by atoms with E-state index >= 15 is 0 Å². The Hall–Kier alpha value is -2.48. The molecule has 154 valence electrons. The third kappa shape index (κ3) is 6.60. The van der Waals surface area contributed by atoms with Gasteiger partial charge in [0.15, 0.2) is 0 Å². The Morgan fingerprint density at radius 1 is 1.21 bits per heavy atom.